The molecule has 6 heteroatoms. The second-order valence-electron chi connectivity index (χ2n) is 4.19. The van der Waals surface area contributed by atoms with E-state index in [-0.39, 0.29) is 0 Å². The van der Waals surface area contributed by atoms with Gasteiger partial charge in [-0.1, -0.05) is 12.1 Å². The molecule has 0 aliphatic carbocycles. The summed E-state index contributed by atoms with van der Waals surface area (Å²) in [7, 11) is 0. The molecule has 2 N–H and O–H groups in total. The van der Waals surface area contributed by atoms with Crippen LogP contribution in [0.15, 0.2) is 47.8 Å². The lowest BCUT2D eigenvalue weighted by atomic mass is 10.3. The molecular weight excluding hydrogens is 240 g/mol. The standard InChI is InChI=1S/C13H10N6/c1-2-4-10-9(3-1)15-8-13(17-10)19-12-5-6-14-11(12)7-16-18-19/h1-8,14,18H. The van der Waals surface area contributed by atoms with E-state index in [0.717, 1.165) is 22.4 Å². The molecule has 4 rings (SSSR count). The third-order valence-corrected chi connectivity index (χ3v) is 3.01. The van der Waals surface area contributed by atoms with Crippen molar-refractivity contribution in [2.75, 3.05) is 5.01 Å². The number of aromatic amines is 1. The Labute approximate surface area is 108 Å². The smallest absolute Gasteiger partial charge is 0.172 e. The van der Waals surface area contributed by atoms with Gasteiger partial charge in [0.15, 0.2) is 5.82 Å². The zero-order valence-corrected chi connectivity index (χ0v) is 9.91. The van der Waals surface area contributed by atoms with Gasteiger partial charge in [0.1, 0.15) is 0 Å². The minimum atomic E-state index is 0.705. The van der Waals surface area contributed by atoms with E-state index in [1.165, 1.54) is 0 Å². The van der Waals surface area contributed by atoms with E-state index in [1.54, 1.807) is 17.4 Å². The molecule has 1 aliphatic heterocycles. The lowest BCUT2D eigenvalue weighted by molar-refractivity contribution is 0.742. The largest absolute Gasteiger partial charge is 0.359 e. The van der Waals surface area contributed by atoms with Crippen molar-refractivity contribution >= 4 is 28.8 Å². The maximum atomic E-state index is 4.59. The molecule has 6 nitrogen and oxygen atoms in total. The number of nitrogens with zero attached hydrogens (tertiary/aromatic N) is 4. The summed E-state index contributed by atoms with van der Waals surface area (Å²) in [6, 6.07) is 9.74. The van der Waals surface area contributed by atoms with Crippen LogP contribution in [0.1, 0.15) is 5.69 Å². The van der Waals surface area contributed by atoms with E-state index in [2.05, 4.69) is 25.6 Å². The summed E-state index contributed by atoms with van der Waals surface area (Å²) in [5.74, 6) is 0.705. The average molecular weight is 250 g/mol. The molecule has 0 bridgehead atoms. The molecule has 92 valence electrons. The summed E-state index contributed by atoms with van der Waals surface area (Å²) in [5.41, 5.74) is 6.56. The van der Waals surface area contributed by atoms with Gasteiger partial charge in [-0.05, 0) is 18.2 Å². The molecule has 0 fully saturated rings. The monoisotopic (exact) mass is 250 g/mol. The van der Waals surface area contributed by atoms with Gasteiger partial charge in [-0.2, -0.15) is 5.10 Å². The van der Waals surface area contributed by atoms with Crippen LogP contribution in [0.2, 0.25) is 0 Å². The highest BCUT2D eigenvalue weighted by atomic mass is 15.7. The fourth-order valence-electron chi connectivity index (χ4n) is 2.11. The number of rotatable bonds is 1. The Bertz CT molecular complexity index is 775. The molecule has 3 heterocycles. The van der Waals surface area contributed by atoms with E-state index >= 15 is 0 Å². The number of hydrogen-bond acceptors (Lipinski definition) is 5. The van der Waals surface area contributed by atoms with Crippen LogP contribution in [-0.4, -0.2) is 21.2 Å². The van der Waals surface area contributed by atoms with E-state index in [1.807, 2.05) is 36.5 Å². The van der Waals surface area contributed by atoms with Gasteiger partial charge in [-0.25, -0.2) is 15.5 Å². The first kappa shape index (κ1) is 10.1. The number of benzene rings is 1. The Morgan fingerprint density at radius 2 is 1.95 bits per heavy atom. The maximum absolute atomic E-state index is 4.59. The van der Waals surface area contributed by atoms with E-state index in [9.17, 15) is 0 Å². The number of fused-ring (bicyclic) bond motifs is 2. The van der Waals surface area contributed by atoms with Crippen LogP contribution < -0.4 is 10.5 Å². The number of hydrogen-bond donors (Lipinski definition) is 2. The number of aromatic nitrogens is 3. The minimum absolute atomic E-state index is 0.705. The fraction of sp³-hybridized carbons (Fsp3) is 0. The van der Waals surface area contributed by atoms with Gasteiger partial charge in [-0.15, -0.1) is 0 Å². The van der Waals surface area contributed by atoms with Gasteiger partial charge in [0.2, 0.25) is 0 Å². The van der Waals surface area contributed by atoms with Gasteiger partial charge in [0, 0.05) is 6.20 Å². The van der Waals surface area contributed by atoms with Crippen molar-refractivity contribution in [3.63, 3.8) is 0 Å². The first-order valence-electron chi connectivity index (χ1n) is 5.90. The molecule has 0 radical (unpaired) electrons. The lowest BCUT2D eigenvalue weighted by Crippen LogP contribution is -2.33. The van der Waals surface area contributed by atoms with Gasteiger partial charge in [-0.3, -0.25) is 4.98 Å². The van der Waals surface area contributed by atoms with E-state index in [4.69, 9.17) is 0 Å². The van der Waals surface area contributed by atoms with Crippen molar-refractivity contribution in [1.82, 2.24) is 20.5 Å². The Kier molecular flexibility index (Phi) is 2.02. The first-order valence-corrected chi connectivity index (χ1v) is 5.90. The van der Waals surface area contributed by atoms with Crippen LogP contribution in [-0.2, 0) is 0 Å². The molecule has 0 unspecified atom stereocenters. The van der Waals surface area contributed by atoms with Crippen molar-refractivity contribution in [1.29, 1.82) is 0 Å². The third-order valence-electron chi connectivity index (χ3n) is 3.01. The predicted molar refractivity (Wildman–Crippen MR) is 73.2 cm³/mol. The zero-order valence-electron chi connectivity index (χ0n) is 9.91. The fourth-order valence-corrected chi connectivity index (χ4v) is 2.11. The van der Waals surface area contributed by atoms with Gasteiger partial charge in [0.25, 0.3) is 0 Å². The summed E-state index contributed by atoms with van der Waals surface area (Å²) in [6.45, 7) is 0. The van der Waals surface area contributed by atoms with Crippen LogP contribution in [0, 0.1) is 0 Å². The van der Waals surface area contributed by atoms with E-state index in [0.29, 0.717) is 5.82 Å². The van der Waals surface area contributed by atoms with Crippen LogP contribution >= 0.6 is 0 Å². The Balaban J connectivity index is 1.85. The van der Waals surface area contributed by atoms with Crippen LogP contribution in [0.25, 0.3) is 11.0 Å². The van der Waals surface area contributed by atoms with Crippen molar-refractivity contribution in [3.8, 4) is 0 Å². The summed E-state index contributed by atoms with van der Waals surface area (Å²) >= 11 is 0. The highest BCUT2D eigenvalue weighted by molar-refractivity contribution is 5.89. The Morgan fingerprint density at radius 3 is 2.89 bits per heavy atom. The summed E-state index contributed by atoms with van der Waals surface area (Å²) in [6.07, 6.45) is 5.33. The molecule has 0 saturated carbocycles. The number of hydrazone groups is 1. The van der Waals surface area contributed by atoms with Crippen molar-refractivity contribution in [3.05, 3.63) is 48.4 Å². The van der Waals surface area contributed by atoms with Crippen molar-refractivity contribution < 1.29 is 0 Å². The molecular formula is C13H10N6. The van der Waals surface area contributed by atoms with Gasteiger partial charge in [0.05, 0.1) is 34.8 Å². The summed E-state index contributed by atoms with van der Waals surface area (Å²) in [4.78, 5) is 12.1. The molecule has 0 saturated heterocycles. The lowest BCUT2D eigenvalue weighted by Gasteiger charge is -2.24. The highest BCUT2D eigenvalue weighted by Crippen LogP contribution is 2.26. The molecule has 0 atom stereocenters. The van der Waals surface area contributed by atoms with E-state index < -0.39 is 0 Å². The quantitative estimate of drug-likeness (QED) is 0.692. The molecule has 1 aliphatic rings. The normalized spacial score (nSPS) is 13.4. The predicted octanol–water partition coefficient (Wildman–Crippen LogP) is 1.95. The Hall–Kier alpha value is -2.89. The van der Waals surface area contributed by atoms with Gasteiger partial charge >= 0.3 is 0 Å². The second kappa shape index (κ2) is 3.81. The summed E-state index contributed by atoms with van der Waals surface area (Å²) in [5, 5.41) is 5.88. The van der Waals surface area contributed by atoms with Crippen LogP contribution in [0.4, 0.5) is 11.5 Å². The molecule has 19 heavy (non-hydrogen) atoms. The van der Waals surface area contributed by atoms with Crippen molar-refractivity contribution in [2.24, 2.45) is 5.10 Å². The number of hydrazine groups is 1. The van der Waals surface area contributed by atoms with Gasteiger partial charge < -0.3 is 4.98 Å². The van der Waals surface area contributed by atoms with Crippen molar-refractivity contribution in [2.45, 2.75) is 0 Å². The molecule has 3 aromatic rings. The summed E-state index contributed by atoms with van der Waals surface area (Å²) < 4.78 is 0. The number of para-hydroxylation sites is 2. The average Bonchev–Trinajstić information content (AvgIpc) is 2.95. The zero-order chi connectivity index (χ0) is 12.7. The second-order valence-corrected chi connectivity index (χ2v) is 4.19. The third kappa shape index (κ3) is 1.54. The minimum Gasteiger partial charge on any atom is -0.359 e. The maximum Gasteiger partial charge on any atom is 0.172 e. The van der Waals surface area contributed by atoms with Crippen LogP contribution in [0.3, 0.4) is 0 Å². The molecule has 0 amide bonds. The number of nitrogens with one attached hydrogen (secondary N) is 2. The SMILES string of the molecule is C1=NNN(c2cnc3ccccc3n2)c2cc[nH]c21. The molecule has 2 aromatic heterocycles. The first-order chi connectivity index (χ1) is 9.42. The molecule has 0 spiro atoms. The number of H-pyrrole nitrogens is 1. The Morgan fingerprint density at radius 1 is 1.05 bits per heavy atom. The highest BCUT2D eigenvalue weighted by Gasteiger charge is 2.18. The molecule has 1 aromatic carbocycles. The van der Waals surface area contributed by atoms with Crippen LogP contribution in [0.5, 0.6) is 0 Å². The topological polar surface area (TPSA) is 69.2 Å². The number of anilines is 2.